The highest BCUT2D eigenvalue weighted by Gasteiger charge is 2.43. The number of pyridine rings is 1. The molecule has 33 heavy (non-hydrogen) atoms. The van der Waals surface area contributed by atoms with Crippen molar-refractivity contribution in [1.82, 2.24) is 20.1 Å². The van der Waals surface area contributed by atoms with Gasteiger partial charge in [0.25, 0.3) is 0 Å². The van der Waals surface area contributed by atoms with E-state index in [4.69, 9.17) is 9.15 Å². The Kier molecular flexibility index (Phi) is 6.65. The van der Waals surface area contributed by atoms with Gasteiger partial charge in [0.15, 0.2) is 0 Å². The van der Waals surface area contributed by atoms with Gasteiger partial charge in [0.2, 0.25) is 5.91 Å². The maximum absolute atomic E-state index is 12.8. The van der Waals surface area contributed by atoms with Gasteiger partial charge in [-0.2, -0.15) is 13.2 Å². The van der Waals surface area contributed by atoms with Crippen LogP contribution >= 0.6 is 0 Å². The van der Waals surface area contributed by atoms with Crippen molar-refractivity contribution in [3.8, 4) is 0 Å². The van der Waals surface area contributed by atoms with Crippen molar-refractivity contribution in [3.63, 3.8) is 0 Å². The number of carbonyl (C=O) groups excluding carboxylic acids is 2. The maximum Gasteiger partial charge on any atom is 0.411 e. The molecule has 11 heteroatoms. The molecule has 2 aromatic heterocycles. The molecular formula is C22H29F3N4O4. The van der Waals surface area contributed by atoms with E-state index in [9.17, 15) is 22.8 Å². The highest BCUT2D eigenvalue weighted by molar-refractivity contribution is 5.86. The fraction of sp³-hybridized carbons (Fsp3) is 0.591. The number of nitrogens with zero attached hydrogens (tertiary/aromatic N) is 3. The summed E-state index contributed by atoms with van der Waals surface area (Å²) in [6, 6.07) is 2.42. The first-order chi connectivity index (χ1) is 15.2. The van der Waals surface area contributed by atoms with Gasteiger partial charge in [-0.15, -0.1) is 0 Å². The molecule has 8 nitrogen and oxygen atoms in total. The second kappa shape index (κ2) is 8.85. The summed E-state index contributed by atoms with van der Waals surface area (Å²) in [5.74, 6) is -0.279. The first kappa shape index (κ1) is 24.8. The number of hydrogen-bond acceptors (Lipinski definition) is 6. The van der Waals surface area contributed by atoms with Crippen molar-refractivity contribution in [2.45, 2.75) is 58.0 Å². The zero-order valence-electron chi connectivity index (χ0n) is 19.3. The number of alkyl halides is 3. The molecule has 3 heterocycles. The van der Waals surface area contributed by atoms with Gasteiger partial charge in [-0.25, -0.2) is 4.79 Å². The Morgan fingerprint density at radius 1 is 1.21 bits per heavy atom. The molecule has 0 spiro atoms. The van der Waals surface area contributed by atoms with Gasteiger partial charge in [-0.3, -0.25) is 19.6 Å². The van der Waals surface area contributed by atoms with E-state index in [1.165, 1.54) is 4.90 Å². The average Bonchev–Trinajstić information content (AvgIpc) is 3.15. The van der Waals surface area contributed by atoms with Gasteiger partial charge in [0.05, 0.1) is 5.54 Å². The maximum atomic E-state index is 12.8. The summed E-state index contributed by atoms with van der Waals surface area (Å²) >= 11 is 0. The molecule has 1 atom stereocenters. The molecule has 3 rings (SSSR count). The monoisotopic (exact) mass is 470 g/mol. The number of hydrogen-bond donors (Lipinski definition) is 1. The number of halogens is 3. The van der Waals surface area contributed by atoms with E-state index in [1.54, 1.807) is 39.2 Å². The van der Waals surface area contributed by atoms with E-state index in [0.29, 0.717) is 17.9 Å². The van der Waals surface area contributed by atoms with Crippen molar-refractivity contribution in [2.24, 2.45) is 0 Å². The van der Waals surface area contributed by atoms with Gasteiger partial charge >= 0.3 is 12.3 Å². The number of nitrogens with one attached hydrogen (secondary N) is 1. The van der Waals surface area contributed by atoms with Crippen LogP contribution < -0.4 is 5.32 Å². The minimum absolute atomic E-state index is 0.00519. The molecule has 1 saturated heterocycles. The van der Waals surface area contributed by atoms with Crippen LogP contribution in [0.5, 0.6) is 0 Å². The lowest BCUT2D eigenvalue weighted by Gasteiger charge is -2.46. The summed E-state index contributed by atoms with van der Waals surface area (Å²) in [6.07, 6.45) is -2.03. The molecule has 2 aromatic rings. The fourth-order valence-corrected chi connectivity index (χ4v) is 3.70. The Morgan fingerprint density at radius 3 is 2.52 bits per heavy atom. The van der Waals surface area contributed by atoms with Crippen LogP contribution in [0.25, 0.3) is 11.0 Å². The Balaban J connectivity index is 1.85. The second-order valence-electron chi connectivity index (χ2n) is 9.55. The van der Waals surface area contributed by atoms with Crippen molar-refractivity contribution in [3.05, 3.63) is 30.3 Å². The number of carbonyl (C=O) groups is 2. The SMILES string of the molecule is CC(C)(C)OC(=O)N1CCN(C(C)(C)c2cc3cnccc3o2)C[C@H]1C(=O)NCC(F)(F)F. The molecule has 0 aliphatic carbocycles. The lowest BCUT2D eigenvalue weighted by molar-refractivity contribution is -0.143. The van der Waals surface area contributed by atoms with E-state index in [1.807, 2.05) is 30.1 Å². The van der Waals surface area contributed by atoms with Crippen molar-refractivity contribution in [1.29, 1.82) is 0 Å². The Morgan fingerprint density at radius 2 is 1.91 bits per heavy atom. The Hall–Kier alpha value is -2.82. The highest BCUT2D eigenvalue weighted by atomic mass is 19.4. The van der Waals surface area contributed by atoms with Crippen LogP contribution in [-0.4, -0.2) is 70.8 Å². The van der Waals surface area contributed by atoms with Crippen molar-refractivity contribution < 1.29 is 31.9 Å². The summed E-state index contributed by atoms with van der Waals surface area (Å²) in [4.78, 5) is 32.7. The normalized spacial score (nSPS) is 18.4. The highest BCUT2D eigenvalue weighted by Crippen LogP contribution is 2.34. The van der Waals surface area contributed by atoms with Gasteiger partial charge in [-0.1, -0.05) is 0 Å². The molecule has 2 amide bonds. The number of piperazine rings is 1. The van der Waals surface area contributed by atoms with E-state index in [-0.39, 0.29) is 13.1 Å². The topological polar surface area (TPSA) is 87.9 Å². The molecule has 0 radical (unpaired) electrons. The predicted octanol–water partition coefficient (Wildman–Crippen LogP) is 3.66. The van der Waals surface area contributed by atoms with Crippen molar-refractivity contribution >= 4 is 23.0 Å². The summed E-state index contributed by atoms with van der Waals surface area (Å²) in [6.45, 7) is 7.82. The third-order valence-corrected chi connectivity index (χ3v) is 5.48. The molecule has 1 fully saturated rings. The number of amides is 2. The molecule has 1 aliphatic rings. The number of ether oxygens (including phenoxy) is 1. The fourth-order valence-electron chi connectivity index (χ4n) is 3.70. The van der Waals surface area contributed by atoms with E-state index < -0.39 is 41.9 Å². The molecule has 1 aliphatic heterocycles. The minimum atomic E-state index is -4.57. The van der Waals surface area contributed by atoms with Crippen LogP contribution in [0.3, 0.4) is 0 Å². The van der Waals surface area contributed by atoms with Gasteiger partial charge < -0.3 is 14.5 Å². The molecule has 0 aromatic carbocycles. The molecule has 182 valence electrons. The first-order valence-electron chi connectivity index (χ1n) is 10.6. The Bertz CT molecular complexity index is 980. The van der Waals surface area contributed by atoms with Crippen LogP contribution in [0.2, 0.25) is 0 Å². The molecule has 0 bridgehead atoms. The number of fused-ring (bicyclic) bond motifs is 1. The van der Waals surface area contributed by atoms with Gasteiger partial charge in [0.1, 0.15) is 29.5 Å². The summed E-state index contributed by atoms with van der Waals surface area (Å²) in [5, 5.41) is 2.71. The smallest absolute Gasteiger partial charge is 0.411 e. The van der Waals surface area contributed by atoms with Crippen LogP contribution in [0.15, 0.2) is 28.9 Å². The minimum Gasteiger partial charge on any atom is -0.459 e. The van der Waals surface area contributed by atoms with Gasteiger partial charge in [0, 0.05) is 37.4 Å². The molecule has 0 unspecified atom stereocenters. The predicted molar refractivity (Wildman–Crippen MR) is 114 cm³/mol. The van der Waals surface area contributed by atoms with Gasteiger partial charge in [-0.05, 0) is 46.8 Å². The third kappa shape index (κ3) is 5.95. The third-order valence-electron chi connectivity index (χ3n) is 5.48. The lowest BCUT2D eigenvalue weighted by Crippen LogP contribution is -2.64. The van der Waals surface area contributed by atoms with E-state index in [2.05, 4.69) is 4.98 Å². The zero-order valence-corrected chi connectivity index (χ0v) is 19.3. The van der Waals surface area contributed by atoms with Crippen LogP contribution in [0.4, 0.5) is 18.0 Å². The number of furan rings is 1. The number of aromatic nitrogens is 1. The first-order valence-corrected chi connectivity index (χ1v) is 10.6. The summed E-state index contributed by atoms with van der Waals surface area (Å²) in [5.41, 5.74) is -0.871. The molecule has 0 saturated carbocycles. The quantitative estimate of drug-likeness (QED) is 0.734. The van der Waals surface area contributed by atoms with Crippen LogP contribution in [-0.2, 0) is 15.1 Å². The standard InChI is InChI=1S/C22H29F3N4O4/c1-20(2,3)33-19(31)29-9-8-28(12-15(29)18(30)27-13-22(23,24)25)21(4,5)17-10-14-11-26-7-6-16(14)32-17/h6-7,10-11,15H,8-9,12-13H2,1-5H3,(H,27,30)/t15-/m0/s1. The summed E-state index contributed by atoms with van der Waals surface area (Å²) in [7, 11) is 0. The van der Waals surface area contributed by atoms with Crippen molar-refractivity contribution in [2.75, 3.05) is 26.2 Å². The zero-order chi connectivity index (χ0) is 24.6. The number of rotatable bonds is 4. The molecule has 1 N–H and O–H groups in total. The van der Waals surface area contributed by atoms with E-state index >= 15 is 0 Å². The largest absolute Gasteiger partial charge is 0.459 e. The molecular weight excluding hydrogens is 441 g/mol. The van der Waals surface area contributed by atoms with Crippen LogP contribution in [0, 0.1) is 0 Å². The summed E-state index contributed by atoms with van der Waals surface area (Å²) < 4.78 is 49.5. The Labute approximate surface area is 190 Å². The lowest BCUT2D eigenvalue weighted by atomic mass is 9.96. The average molecular weight is 470 g/mol. The van der Waals surface area contributed by atoms with E-state index in [0.717, 1.165) is 5.39 Å². The van der Waals surface area contributed by atoms with Crippen LogP contribution in [0.1, 0.15) is 40.4 Å². The second-order valence-corrected chi connectivity index (χ2v) is 9.55.